The molecule has 0 heterocycles. The zero-order chi connectivity index (χ0) is 16.0. The first-order valence-corrected chi connectivity index (χ1v) is 8.45. The van der Waals surface area contributed by atoms with Crippen molar-refractivity contribution in [3.63, 3.8) is 0 Å². The van der Waals surface area contributed by atoms with E-state index in [1.807, 2.05) is 6.92 Å². The van der Waals surface area contributed by atoms with Crippen molar-refractivity contribution in [1.82, 2.24) is 0 Å². The van der Waals surface area contributed by atoms with Crippen molar-refractivity contribution < 1.29 is 9.90 Å². The first kappa shape index (κ1) is 18.4. The minimum Gasteiger partial charge on any atom is -0.397 e. The van der Waals surface area contributed by atoms with E-state index in [9.17, 15) is 9.90 Å². The molecule has 0 radical (unpaired) electrons. The molecule has 0 aliphatic carbocycles. The number of anilines is 2. The number of nitrogens with one attached hydrogen (secondary N) is 1. The van der Waals surface area contributed by atoms with Crippen LogP contribution >= 0.6 is 35.0 Å². The monoisotopic (exact) mass is 350 g/mol. The number of nitrogens with two attached hydrogens (primary N) is 1. The molecule has 0 spiro atoms. The molecule has 1 aromatic rings. The van der Waals surface area contributed by atoms with Gasteiger partial charge >= 0.3 is 0 Å². The summed E-state index contributed by atoms with van der Waals surface area (Å²) in [6, 6.07) is 3.08. The van der Waals surface area contributed by atoms with Crippen molar-refractivity contribution in [1.29, 1.82) is 0 Å². The van der Waals surface area contributed by atoms with E-state index in [1.54, 1.807) is 24.8 Å². The minimum absolute atomic E-state index is 0.142. The Morgan fingerprint density at radius 2 is 2.10 bits per heavy atom. The van der Waals surface area contributed by atoms with Gasteiger partial charge in [-0.2, -0.15) is 11.8 Å². The number of carbonyl (C=O) groups is 1. The van der Waals surface area contributed by atoms with Gasteiger partial charge in [-0.15, -0.1) is 0 Å². The number of rotatable bonds is 7. The number of thioether (sulfide) groups is 1. The summed E-state index contributed by atoms with van der Waals surface area (Å²) in [5, 5.41) is 13.0. The van der Waals surface area contributed by atoms with Crippen LogP contribution in [0.25, 0.3) is 0 Å². The van der Waals surface area contributed by atoms with Crippen molar-refractivity contribution in [3.05, 3.63) is 22.2 Å². The molecule has 1 amide bonds. The van der Waals surface area contributed by atoms with Crippen molar-refractivity contribution in [3.8, 4) is 0 Å². The van der Waals surface area contributed by atoms with Gasteiger partial charge < -0.3 is 16.2 Å². The molecule has 0 aromatic heterocycles. The third kappa shape index (κ3) is 6.34. The topological polar surface area (TPSA) is 75.3 Å². The first-order valence-electron chi connectivity index (χ1n) is 6.65. The molecule has 0 saturated heterocycles. The fourth-order valence-corrected chi connectivity index (χ4v) is 3.09. The maximum absolute atomic E-state index is 11.9. The maximum Gasteiger partial charge on any atom is 0.224 e. The minimum atomic E-state index is -0.350. The van der Waals surface area contributed by atoms with E-state index >= 15 is 0 Å². The number of hydrogen-bond acceptors (Lipinski definition) is 4. The quantitative estimate of drug-likeness (QED) is 0.516. The zero-order valence-electron chi connectivity index (χ0n) is 12.0. The number of aliphatic hydroxyl groups is 1. The van der Waals surface area contributed by atoms with Crippen molar-refractivity contribution in [2.75, 3.05) is 16.8 Å². The molecule has 21 heavy (non-hydrogen) atoms. The number of amides is 1. The van der Waals surface area contributed by atoms with Crippen molar-refractivity contribution >= 4 is 52.2 Å². The maximum atomic E-state index is 11.9. The summed E-state index contributed by atoms with van der Waals surface area (Å²) in [6.07, 6.45) is 0.743. The molecule has 0 bridgehead atoms. The van der Waals surface area contributed by atoms with Gasteiger partial charge in [-0.25, -0.2) is 0 Å². The summed E-state index contributed by atoms with van der Waals surface area (Å²) in [6.45, 7) is 3.72. The van der Waals surface area contributed by atoms with Gasteiger partial charge in [-0.1, -0.05) is 30.1 Å². The third-order valence-electron chi connectivity index (χ3n) is 2.96. The molecule has 2 atom stereocenters. The lowest BCUT2D eigenvalue weighted by Gasteiger charge is -2.14. The lowest BCUT2D eigenvalue weighted by atomic mass is 10.2. The van der Waals surface area contributed by atoms with Crippen LogP contribution in [-0.4, -0.2) is 28.1 Å². The van der Waals surface area contributed by atoms with Crippen LogP contribution in [-0.2, 0) is 4.79 Å². The van der Waals surface area contributed by atoms with Crippen LogP contribution in [0.3, 0.4) is 0 Å². The molecule has 4 N–H and O–H groups in total. The van der Waals surface area contributed by atoms with E-state index in [4.69, 9.17) is 28.9 Å². The molecule has 4 nitrogen and oxygen atoms in total. The molecule has 1 aromatic carbocycles. The van der Waals surface area contributed by atoms with E-state index in [0.717, 1.165) is 12.2 Å². The van der Waals surface area contributed by atoms with Crippen molar-refractivity contribution in [2.45, 2.75) is 38.0 Å². The second kappa shape index (κ2) is 8.73. The summed E-state index contributed by atoms with van der Waals surface area (Å²) in [7, 11) is 0. The lowest BCUT2D eigenvalue weighted by Crippen LogP contribution is -2.16. The van der Waals surface area contributed by atoms with Gasteiger partial charge in [-0.05, 0) is 31.2 Å². The average molecular weight is 351 g/mol. The highest BCUT2D eigenvalue weighted by Crippen LogP contribution is 2.32. The van der Waals surface area contributed by atoms with Gasteiger partial charge in [0, 0.05) is 16.7 Å². The van der Waals surface area contributed by atoms with Gasteiger partial charge in [0.25, 0.3) is 0 Å². The number of carbonyl (C=O) groups excluding carboxylic acids is 1. The molecule has 118 valence electrons. The average Bonchev–Trinajstić information content (AvgIpc) is 2.38. The Balaban J connectivity index is 2.41. The highest BCUT2D eigenvalue weighted by Gasteiger charge is 2.12. The van der Waals surface area contributed by atoms with Crippen LogP contribution in [0.1, 0.15) is 26.7 Å². The van der Waals surface area contributed by atoms with Crippen LogP contribution in [0.2, 0.25) is 10.0 Å². The Labute approximate surface area is 139 Å². The molecule has 0 aliphatic rings. The van der Waals surface area contributed by atoms with Gasteiger partial charge in [-0.3, -0.25) is 4.79 Å². The summed E-state index contributed by atoms with van der Waals surface area (Å²) in [5.74, 6) is 0.666. The predicted octanol–water partition coefficient (Wildman–Crippen LogP) is 3.80. The highest BCUT2D eigenvalue weighted by atomic mass is 35.5. The number of benzene rings is 1. The fraction of sp³-hybridized carbons (Fsp3) is 0.500. The smallest absolute Gasteiger partial charge is 0.224 e. The standard InChI is InChI=1S/C14H20Cl2N2O2S/c1-8(19)9(2)21-5-3-4-13(20)18-14-11(16)6-10(15)7-12(14)17/h6-9,19H,3-5,17H2,1-2H3,(H,18,20). The van der Waals surface area contributed by atoms with Gasteiger partial charge in [0.2, 0.25) is 5.91 Å². The van der Waals surface area contributed by atoms with Crippen LogP contribution in [0, 0.1) is 0 Å². The van der Waals surface area contributed by atoms with E-state index in [0.29, 0.717) is 27.8 Å². The zero-order valence-corrected chi connectivity index (χ0v) is 14.4. The molecular weight excluding hydrogens is 331 g/mol. The fourth-order valence-electron chi connectivity index (χ4n) is 1.57. The predicted molar refractivity (Wildman–Crippen MR) is 92.3 cm³/mol. The number of aliphatic hydroxyl groups excluding tert-OH is 1. The van der Waals surface area contributed by atoms with E-state index in [1.165, 1.54) is 6.07 Å². The van der Waals surface area contributed by atoms with Crippen LogP contribution in [0.4, 0.5) is 11.4 Å². The van der Waals surface area contributed by atoms with Gasteiger partial charge in [0.15, 0.2) is 0 Å². The molecule has 2 unspecified atom stereocenters. The van der Waals surface area contributed by atoms with Crippen LogP contribution < -0.4 is 11.1 Å². The van der Waals surface area contributed by atoms with Gasteiger partial charge in [0.1, 0.15) is 0 Å². The molecule has 0 aliphatic heterocycles. The highest BCUT2D eigenvalue weighted by molar-refractivity contribution is 7.99. The summed E-state index contributed by atoms with van der Waals surface area (Å²) in [5.41, 5.74) is 6.53. The first-order chi connectivity index (χ1) is 9.81. The molecule has 0 saturated carbocycles. The van der Waals surface area contributed by atoms with Crippen LogP contribution in [0.15, 0.2) is 12.1 Å². The second-order valence-corrected chi connectivity index (χ2v) is 7.15. The Bertz CT molecular complexity index is 475. The molecule has 1 rings (SSSR count). The second-order valence-electron chi connectivity index (χ2n) is 4.82. The Kier molecular flexibility index (Phi) is 7.66. The molecule has 7 heteroatoms. The third-order valence-corrected chi connectivity index (χ3v) is 4.92. The van der Waals surface area contributed by atoms with Crippen molar-refractivity contribution in [2.24, 2.45) is 0 Å². The number of halogens is 2. The normalized spacial score (nSPS) is 13.8. The Morgan fingerprint density at radius 3 is 2.67 bits per heavy atom. The van der Waals surface area contributed by atoms with E-state index in [2.05, 4.69) is 5.32 Å². The van der Waals surface area contributed by atoms with Crippen LogP contribution in [0.5, 0.6) is 0 Å². The number of nitrogen functional groups attached to an aromatic ring is 1. The Morgan fingerprint density at radius 1 is 1.43 bits per heavy atom. The molecular formula is C14H20Cl2N2O2S. The largest absolute Gasteiger partial charge is 0.397 e. The van der Waals surface area contributed by atoms with E-state index in [-0.39, 0.29) is 17.3 Å². The SMILES string of the molecule is CC(O)C(C)SCCCC(=O)Nc1c(N)cc(Cl)cc1Cl. The van der Waals surface area contributed by atoms with Gasteiger partial charge in [0.05, 0.1) is 22.5 Å². The summed E-state index contributed by atoms with van der Waals surface area (Å²) >= 11 is 13.5. The Hall–Kier alpha value is -0.620. The summed E-state index contributed by atoms with van der Waals surface area (Å²) in [4.78, 5) is 11.9. The number of hydrogen-bond donors (Lipinski definition) is 3. The summed E-state index contributed by atoms with van der Waals surface area (Å²) < 4.78 is 0. The molecule has 0 fully saturated rings. The lowest BCUT2D eigenvalue weighted by molar-refractivity contribution is -0.116. The van der Waals surface area contributed by atoms with E-state index < -0.39 is 0 Å².